The van der Waals surface area contributed by atoms with Crippen molar-refractivity contribution >= 4 is 39.1 Å². The van der Waals surface area contributed by atoms with Crippen LogP contribution in [0.4, 0.5) is 5.69 Å². The molecule has 1 aliphatic carbocycles. The van der Waals surface area contributed by atoms with Crippen LogP contribution in [0.1, 0.15) is 69.9 Å². The average molecular weight is 548 g/mol. The molecule has 0 aliphatic heterocycles. The Morgan fingerprint density at radius 2 is 1.68 bits per heavy atom. The standard InChI is InChI=1S/C28H38ClN3O4S/c1-5-26(28(34)30-23-11-7-8-12-23)31(18-22-10-6-9-13-25(22)29)27(33)19-32(37(4,35)36)24-16-14-21(15-17-24)20(2)3/h6,9-10,13-17,20,23,26H,5,7-8,11-12,18-19H2,1-4H3,(H,30,34)/t26-/m1/s1. The van der Waals surface area contributed by atoms with Crippen molar-refractivity contribution in [2.45, 2.75) is 77.4 Å². The van der Waals surface area contributed by atoms with Crippen LogP contribution in [0.15, 0.2) is 48.5 Å². The van der Waals surface area contributed by atoms with Gasteiger partial charge >= 0.3 is 0 Å². The summed E-state index contributed by atoms with van der Waals surface area (Å²) in [6.45, 7) is 5.64. The lowest BCUT2D eigenvalue weighted by atomic mass is 10.0. The van der Waals surface area contributed by atoms with Gasteiger partial charge in [-0.15, -0.1) is 0 Å². The number of amides is 2. The van der Waals surface area contributed by atoms with Crippen molar-refractivity contribution in [3.8, 4) is 0 Å². The Balaban J connectivity index is 1.92. The summed E-state index contributed by atoms with van der Waals surface area (Å²) in [5.74, 6) is -0.397. The van der Waals surface area contributed by atoms with Gasteiger partial charge in [0.1, 0.15) is 12.6 Å². The second-order valence-corrected chi connectivity index (χ2v) is 12.4. The second-order valence-electron chi connectivity index (χ2n) is 10.0. The van der Waals surface area contributed by atoms with Crippen molar-refractivity contribution in [1.82, 2.24) is 10.2 Å². The Kier molecular flexibility index (Phi) is 10.0. The van der Waals surface area contributed by atoms with Crippen molar-refractivity contribution in [1.29, 1.82) is 0 Å². The molecule has 2 amide bonds. The topological polar surface area (TPSA) is 86.8 Å². The van der Waals surface area contributed by atoms with Crippen molar-refractivity contribution < 1.29 is 18.0 Å². The number of sulfonamides is 1. The number of anilines is 1. The van der Waals surface area contributed by atoms with E-state index < -0.39 is 28.5 Å². The SMILES string of the molecule is CC[C@H](C(=O)NC1CCCC1)N(Cc1ccccc1Cl)C(=O)CN(c1ccc(C(C)C)cc1)S(C)(=O)=O. The van der Waals surface area contributed by atoms with E-state index in [-0.39, 0.29) is 24.4 Å². The molecule has 1 aliphatic rings. The smallest absolute Gasteiger partial charge is 0.244 e. The molecule has 0 aromatic heterocycles. The van der Waals surface area contributed by atoms with Crippen molar-refractivity contribution in [3.63, 3.8) is 0 Å². The van der Waals surface area contributed by atoms with Crippen molar-refractivity contribution in [2.75, 3.05) is 17.1 Å². The summed E-state index contributed by atoms with van der Waals surface area (Å²) in [6, 6.07) is 13.7. The first-order chi connectivity index (χ1) is 17.5. The number of hydrogen-bond donors (Lipinski definition) is 1. The molecule has 2 aromatic rings. The molecular weight excluding hydrogens is 510 g/mol. The number of nitrogens with one attached hydrogen (secondary N) is 1. The predicted molar refractivity (Wildman–Crippen MR) is 149 cm³/mol. The Bertz CT molecular complexity index is 1180. The third-order valence-corrected chi connectivity index (χ3v) is 8.42. The zero-order chi connectivity index (χ0) is 27.2. The summed E-state index contributed by atoms with van der Waals surface area (Å²) in [4.78, 5) is 28.6. The molecule has 0 unspecified atom stereocenters. The lowest BCUT2D eigenvalue weighted by Crippen LogP contribution is -2.53. The minimum atomic E-state index is -3.77. The molecule has 0 bridgehead atoms. The van der Waals surface area contributed by atoms with Gasteiger partial charge in [0.25, 0.3) is 0 Å². The Hall–Kier alpha value is -2.58. The summed E-state index contributed by atoms with van der Waals surface area (Å²) in [7, 11) is -3.77. The molecular formula is C28H38ClN3O4S. The van der Waals surface area contributed by atoms with Gasteiger partial charge in [-0.1, -0.05) is 75.5 Å². The zero-order valence-electron chi connectivity index (χ0n) is 22.1. The third kappa shape index (κ3) is 7.71. The Morgan fingerprint density at radius 3 is 2.22 bits per heavy atom. The van der Waals surface area contributed by atoms with Gasteiger partial charge in [0.05, 0.1) is 11.9 Å². The van der Waals surface area contributed by atoms with Crippen LogP contribution in [-0.4, -0.2) is 50.0 Å². The van der Waals surface area contributed by atoms with Gasteiger partial charge in [-0.05, 0) is 54.5 Å². The summed E-state index contributed by atoms with van der Waals surface area (Å²) < 4.78 is 26.7. The van der Waals surface area contributed by atoms with E-state index in [2.05, 4.69) is 19.2 Å². The maximum atomic E-state index is 13.8. The van der Waals surface area contributed by atoms with Gasteiger partial charge in [0.15, 0.2) is 0 Å². The van der Waals surface area contributed by atoms with Gasteiger partial charge in [0.2, 0.25) is 21.8 Å². The first-order valence-corrected chi connectivity index (χ1v) is 15.1. The Morgan fingerprint density at radius 1 is 1.05 bits per heavy atom. The van der Waals surface area contributed by atoms with Crippen LogP contribution in [0.5, 0.6) is 0 Å². The van der Waals surface area contributed by atoms with Crippen LogP contribution in [0.2, 0.25) is 5.02 Å². The van der Waals surface area contributed by atoms with Crippen molar-refractivity contribution in [2.24, 2.45) is 0 Å². The van der Waals surface area contributed by atoms with Gasteiger partial charge in [-0.3, -0.25) is 13.9 Å². The molecule has 9 heteroatoms. The normalized spacial score (nSPS) is 15.0. The molecule has 3 rings (SSSR count). The molecule has 1 atom stereocenters. The number of benzene rings is 2. The van der Waals surface area contributed by atoms with Crippen LogP contribution in [0, 0.1) is 0 Å². The Labute approximate surface area is 226 Å². The molecule has 0 heterocycles. The van der Waals surface area contributed by atoms with Crippen LogP contribution in [0.3, 0.4) is 0 Å². The molecule has 1 saturated carbocycles. The molecule has 202 valence electrons. The van der Waals surface area contributed by atoms with Crippen LogP contribution < -0.4 is 9.62 Å². The molecule has 7 nitrogen and oxygen atoms in total. The summed E-state index contributed by atoms with van der Waals surface area (Å²) >= 11 is 6.41. The minimum absolute atomic E-state index is 0.0962. The number of carbonyl (C=O) groups excluding carboxylic acids is 2. The highest BCUT2D eigenvalue weighted by Gasteiger charge is 2.33. The highest BCUT2D eigenvalue weighted by molar-refractivity contribution is 7.92. The molecule has 2 aromatic carbocycles. The van der Waals surface area contributed by atoms with Gasteiger partial charge in [-0.2, -0.15) is 0 Å². The second kappa shape index (κ2) is 12.8. The number of halogens is 1. The van der Waals surface area contributed by atoms with E-state index in [0.717, 1.165) is 41.8 Å². The summed E-state index contributed by atoms with van der Waals surface area (Å²) in [5.41, 5.74) is 2.16. The maximum Gasteiger partial charge on any atom is 0.244 e. The fraction of sp³-hybridized carbons (Fsp3) is 0.500. The van der Waals surface area contributed by atoms with Crippen LogP contribution >= 0.6 is 11.6 Å². The average Bonchev–Trinajstić information content (AvgIpc) is 3.35. The summed E-state index contributed by atoms with van der Waals surface area (Å²) in [6.07, 6.45) is 5.46. The molecule has 0 saturated heterocycles. The van der Waals surface area contributed by atoms with Crippen molar-refractivity contribution in [3.05, 3.63) is 64.7 Å². The van der Waals surface area contributed by atoms with Gasteiger partial charge < -0.3 is 10.2 Å². The number of nitrogens with zero attached hydrogens (tertiary/aromatic N) is 2. The lowest BCUT2D eigenvalue weighted by molar-refractivity contribution is -0.140. The van der Waals surface area contributed by atoms with Gasteiger partial charge in [-0.25, -0.2) is 8.42 Å². The molecule has 0 spiro atoms. The fourth-order valence-electron chi connectivity index (χ4n) is 4.74. The minimum Gasteiger partial charge on any atom is -0.352 e. The largest absolute Gasteiger partial charge is 0.352 e. The van der Waals surface area contributed by atoms with E-state index in [1.54, 1.807) is 24.3 Å². The van der Waals surface area contributed by atoms with Crippen LogP contribution in [0.25, 0.3) is 0 Å². The van der Waals surface area contributed by atoms with E-state index in [9.17, 15) is 18.0 Å². The highest BCUT2D eigenvalue weighted by Crippen LogP contribution is 2.25. The third-order valence-electron chi connectivity index (χ3n) is 6.91. The van der Waals surface area contributed by atoms with E-state index in [1.807, 2.05) is 31.2 Å². The van der Waals surface area contributed by atoms with E-state index in [0.29, 0.717) is 22.7 Å². The first-order valence-electron chi connectivity index (χ1n) is 12.9. The first kappa shape index (κ1) is 29.0. The quantitative estimate of drug-likeness (QED) is 0.424. The number of rotatable bonds is 11. The number of carbonyl (C=O) groups is 2. The molecule has 37 heavy (non-hydrogen) atoms. The predicted octanol–water partition coefficient (Wildman–Crippen LogP) is 5.10. The molecule has 1 fully saturated rings. The van der Waals surface area contributed by atoms with E-state index in [4.69, 9.17) is 11.6 Å². The fourth-order valence-corrected chi connectivity index (χ4v) is 5.78. The maximum absolute atomic E-state index is 13.8. The zero-order valence-corrected chi connectivity index (χ0v) is 23.7. The van der Waals surface area contributed by atoms with Crippen LogP contribution in [-0.2, 0) is 26.2 Å². The van der Waals surface area contributed by atoms with Gasteiger partial charge in [0, 0.05) is 17.6 Å². The highest BCUT2D eigenvalue weighted by atomic mass is 35.5. The lowest BCUT2D eigenvalue weighted by Gasteiger charge is -2.33. The van der Waals surface area contributed by atoms with E-state index in [1.165, 1.54) is 4.90 Å². The number of hydrogen-bond acceptors (Lipinski definition) is 4. The molecule has 1 N–H and O–H groups in total. The summed E-state index contributed by atoms with van der Waals surface area (Å²) in [5, 5.41) is 3.58. The van der Waals surface area contributed by atoms with E-state index >= 15 is 0 Å². The monoisotopic (exact) mass is 547 g/mol. The molecule has 0 radical (unpaired) electrons.